The Labute approximate surface area is 183 Å². The fraction of sp³-hybridized carbons (Fsp3) is 0.409. The molecule has 31 heavy (non-hydrogen) atoms. The fourth-order valence-corrected chi connectivity index (χ4v) is 4.70. The van der Waals surface area contributed by atoms with Crippen molar-refractivity contribution in [1.82, 2.24) is 9.21 Å². The van der Waals surface area contributed by atoms with E-state index < -0.39 is 10.0 Å². The summed E-state index contributed by atoms with van der Waals surface area (Å²) in [7, 11) is -0.633. The number of morpholine rings is 1. The average molecular weight is 449 g/mol. The first-order valence-corrected chi connectivity index (χ1v) is 11.5. The van der Waals surface area contributed by atoms with Crippen LogP contribution in [0.2, 0.25) is 0 Å². The van der Waals surface area contributed by atoms with Crippen LogP contribution >= 0.6 is 0 Å². The maximum absolute atomic E-state index is 13.0. The molecule has 9 heteroatoms. The highest BCUT2D eigenvalue weighted by Gasteiger charge is 2.28. The quantitative estimate of drug-likeness (QED) is 0.615. The zero-order valence-corrected chi connectivity index (χ0v) is 18.9. The molecule has 1 heterocycles. The Morgan fingerprint density at radius 1 is 1.16 bits per heavy atom. The molecule has 1 fully saturated rings. The highest BCUT2D eigenvalue weighted by atomic mass is 32.2. The molecule has 2 aromatic rings. The summed E-state index contributed by atoms with van der Waals surface area (Å²) in [6.07, 6.45) is 0. The minimum atomic E-state index is -3.72. The zero-order chi connectivity index (χ0) is 22.4. The Kier molecular flexibility index (Phi) is 7.53. The van der Waals surface area contributed by atoms with E-state index in [-0.39, 0.29) is 29.5 Å². The van der Waals surface area contributed by atoms with Gasteiger partial charge in [0.1, 0.15) is 18.1 Å². The van der Waals surface area contributed by atoms with Crippen molar-refractivity contribution < 1.29 is 27.4 Å². The van der Waals surface area contributed by atoms with Crippen LogP contribution in [0.5, 0.6) is 11.5 Å². The molecular formula is C22H28N2O6S. The zero-order valence-electron chi connectivity index (χ0n) is 18.0. The summed E-state index contributed by atoms with van der Waals surface area (Å²) in [5.41, 5.74) is 1.28. The SMILES string of the molecule is COc1ccc(S(=O)(=O)N2CCOCC2)cc1C(=O)N(C)CCOc1cccc(C)c1. The predicted molar refractivity (Wildman–Crippen MR) is 116 cm³/mol. The summed E-state index contributed by atoms with van der Waals surface area (Å²) in [5.74, 6) is 0.707. The molecule has 1 aliphatic rings. The fourth-order valence-electron chi connectivity index (χ4n) is 3.26. The minimum Gasteiger partial charge on any atom is -0.496 e. The Hall–Kier alpha value is -2.62. The van der Waals surface area contributed by atoms with E-state index in [0.29, 0.717) is 32.1 Å². The lowest BCUT2D eigenvalue weighted by Gasteiger charge is -2.26. The molecule has 3 rings (SSSR count). The minimum absolute atomic E-state index is 0.0583. The largest absolute Gasteiger partial charge is 0.496 e. The van der Waals surface area contributed by atoms with Gasteiger partial charge in [0, 0.05) is 20.1 Å². The van der Waals surface area contributed by atoms with E-state index in [4.69, 9.17) is 14.2 Å². The van der Waals surface area contributed by atoms with E-state index in [1.807, 2.05) is 31.2 Å². The molecule has 1 aliphatic heterocycles. The van der Waals surface area contributed by atoms with Gasteiger partial charge in [-0.05, 0) is 42.8 Å². The van der Waals surface area contributed by atoms with Gasteiger partial charge in [-0.15, -0.1) is 0 Å². The number of hydrogen-bond acceptors (Lipinski definition) is 6. The summed E-state index contributed by atoms with van der Waals surface area (Å²) < 4.78 is 43.6. The van der Waals surface area contributed by atoms with Gasteiger partial charge in [0.2, 0.25) is 10.0 Å². The molecule has 2 aromatic carbocycles. The van der Waals surface area contributed by atoms with E-state index in [9.17, 15) is 13.2 Å². The number of nitrogens with zero attached hydrogens (tertiary/aromatic N) is 2. The van der Waals surface area contributed by atoms with Gasteiger partial charge in [-0.3, -0.25) is 4.79 Å². The number of amides is 1. The van der Waals surface area contributed by atoms with Gasteiger partial charge in [0.15, 0.2) is 0 Å². The number of aryl methyl sites for hydroxylation is 1. The predicted octanol–water partition coefficient (Wildman–Crippen LogP) is 2.18. The third-order valence-corrected chi connectivity index (χ3v) is 6.94. The highest BCUT2D eigenvalue weighted by molar-refractivity contribution is 7.89. The first-order chi connectivity index (χ1) is 14.8. The number of rotatable bonds is 8. The van der Waals surface area contributed by atoms with Crippen molar-refractivity contribution in [2.75, 3.05) is 53.6 Å². The van der Waals surface area contributed by atoms with E-state index in [1.54, 1.807) is 7.05 Å². The number of carbonyl (C=O) groups excluding carboxylic acids is 1. The lowest BCUT2D eigenvalue weighted by atomic mass is 10.1. The van der Waals surface area contributed by atoms with Gasteiger partial charge < -0.3 is 19.1 Å². The molecule has 0 N–H and O–H groups in total. The number of carbonyl (C=O) groups is 1. The number of hydrogen-bond donors (Lipinski definition) is 0. The Morgan fingerprint density at radius 2 is 1.90 bits per heavy atom. The topological polar surface area (TPSA) is 85.4 Å². The molecular weight excluding hydrogens is 420 g/mol. The second kappa shape index (κ2) is 10.1. The van der Waals surface area contributed by atoms with E-state index in [2.05, 4.69) is 0 Å². The Balaban J connectivity index is 1.73. The molecule has 168 valence electrons. The van der Waals surface area contributed by atoms with Crippen molar-refractivity contribution in [3.8, 4) is 11.5 Å². The van der Waals surface area contributed by atoms with E-state index in [0.717, 1.165) is 11.3 Å². The van der Waals surface area contributed by atoms with Crippen LogP contribution in [0, 0.1) is 6.92 Å². The first-order valence-electron chi connectivity index (χ1n) is 10.0. The molecule has 0 bridgehead atoms. The first kappa shape index (κ1) is 23.1. The van der Waals surface area contributed by atoms with Crippen molar-refractivity contribution in [3.63, 3.8) is 0 Å². The number of ether oxygens (including phenoxy) is 3. The monoisotopic (exact) mass is 448 g/mol. The van der Waals surface area contributed by atoms with Crippen LogP contribution < -0.4 is 9.47 Å². The summed E-state index contributed by atoms with van der Waals surface area (Å²) in [4.78, 5) is 14.6. The lowest BCUT2D eigenvalue weighted by Crippen LogP contribution is -2.40. The summed E-state index contributed by atoms with van der Waals surface area (Å²) in [5, 5.41) is 0. The molecule has 1 amide bonds. The molecule has 1 saturated heterocycles. The van der Waals surface area contributed by atoms with Crippen LogP contribution in [0.15, 0.2) is 47.4 Å². The molecule has 8 nitrogen and oxygen atoms in total. The van der Waals surface area contributed by atoms with Crippen LogP contribution in [0.3, 0.4) is 0 Å². The Morgan fingerprint density at radius 3 is 2.58 bits per heavy atom. The van der Waals surface area contributed by atoms with Crippen molar-refractivity contribution in [3.05, 3.63) is 53.6 Å². The summed E-state index contributed by atoms with van der Waals surface area (Å²) in [6, 6.07) is 12.0. The van der Waals surface area contributed by atoms with Crippen LogP contribution in [0.1, 0.15) is 15.9 Å². The van der Waals surface area contributed by atoms with Crippen LogP contribution in [0.25, 0.3) is 0 Å². The van der Waals surface area contributed by atoms with E-state index in [1.165, 1.54) is 34.5 Å². The van der Waals surface area contributed by atoms with Gasteiger partial charge in [-0.1, -0.05) is 12.1 Å². The average Bonchev–Trinajstić information content (AvgIpc) is 2.78. The molecule has 0 unspecified atom stereocenters. The van der Waals surface area contributed by atoms with Gasteiger partial charge in [-0.25, -0.2) is 8.42 Å². The van der Waals surface area contributed by atoms with E-state index >= 15 is 0 Å². The van der Waals surface area contributed by atoms with Crippen LogP contribution in [-0.4, -0.2) is 77.1 Å². The van der Waals surface area contributed by atoms with Gasteiger partial charge in [0.25, 0.3) is 5.91 Å². The third kappa shape index (κ3) is 5.55. The molecule has 0 saturated carbocycles. The maximum atomic E-state index is 13.0. The van der Waals surface area contributed by atoms with Gasteiger partial charge >= 0.3 is 0 Å². The van der Waals surface area contributed by atoms with Crippen molar-refractivity contribution in [1.29, 1.82) is 0 Å². The molecule has 0 atom stereocenters. The van der Waals surface area contributed by atoms with Crippen LogP contribution in [0.4, 0.5) is 0 Å². The number of benzene rings is 2. The molecule has 0 aromatic heterocycles. The normalized spacial score (nSPS) is 14.8. The number of likely N-dealkylation sites (N-methyl/N-ethyl adjacent to an activating group) is 1. The smallest absolute Gasteiger partial charge is 0.257 e. The molecule has 0 spiro atoms. The molecule has 0 aliphatic carbocycles. The standard InChI is InChI=1S/C22H28N2O6S/c1-17-5-4-6-18(15-17)30-14-9-23(2)22(25)20-16-19(7-8-21(20)28-3)31(26,27)24-10-12-29-13-11-24/h4-8,15-16H,9-14H2,1-3H3. The molecule has 0 radical (unpaired) electrons. The maximum Gasteiger partial charge on any atom is 0.257 e. The van der Waals surface area contributed by atoms with Crippen molar-refractivity contribution in [2.24, 2.45) is 0 Å². The van der Waals surface area contributed by atoms with Gasteiger partial charge in [0.05, 0.1) is 37.3 Å². The van der Waals surface area contributed by atoms with Crippen molar-refractivity contribution in [2.45, 2.75) is 11.8 Å². The summed E-state index contributed by atoms with van der Waals surface area (Å²) >= 11 is 0. The number of methoxy groups -OCH3 is 1. The van der Waals surface area contributed by atoms with Crippen LogP contribution in [-0.2, 0) is 14.8 Å². The summed E-state index contributed by atoms with van der Waals surface area (Å²) in [6.45, 7) is 3.89. The van der Waals surface area contributed by atoms with Crippen molar-refractivity contribution >= 4 is 15.9 Å². The lowest BCUT2D eigenvalue weighted by molar-refractivity contribution is 0.0730. The van der Waals surface area contributed by atoms with Gasteiger partial charge in [-0.2, -0.15) is 4.31 Å². The number of sulfonamides is 1. The Bertz CT molecular complexity index is 1020. The second-order valence-corrected chi connectivity index (χ2v) is 9.21. The third-order valence-electron chi connectivity index (χ3n) is 5.04. The second-order valence-electron chi connectivity index (χ2n) is 7.27. The highest BCUT2D eigenvalue weighted by Crippen LogP contribution is 2.26.